The maximum absolute atomic E-state index is 10.7. The van der Waals surface area contributed by atoms with Crippen LogP contribution in [0.25, 0.3) is 11.3 Å². The maximum Gasteiger partial charge on any atom is 0.310 e. The highest BCUT2D eigenvalue weighted by molar-refractivity contribution is 5.74. The molecule has 1 fully saturated rings. The number of carboxylic acid groups (broad SMARTS) is 1. The van der Waals surface area contributed by atoms with Crippen LogP contribution in [0.4, 0.5) is 5.82 Å². The van der Waals surface area contributed by atoms with Crippen molar-refractivity contribution in [1.29, 1.82) is 0 Å². The first kappa shape index (κ1) is 10.8. The Morgan fingerprint density at radius 1 is 1.44 bits per heavy atom. The predicted octanol–water partition coefficient (Wildman–Crippen LogP) is 1.26. The smallest absolute Gasteiger partial charge is 0.310 e. The van der Waals surface area contributed by atoms with Gasteiger partial charge in [0.25, 0.3) is 0 Å². The highest BCUT2D eigenvalue weighted by atomic mass is 16.4. The van der Waals surface area contributed by atoms with Gasteiger partial charge in [0, 0.05) is 24.7 Å². The van der Waals surface area contributed by atoms with Crippen LogP contribution in [-0.2, 0) is 4.79 Å². The van der Waals surface area contributed by atoms with Crippen molar-refractivity contribution < 1.29 is 14.3 Å². The van der Waals surface area contributed by atoms with Crippen LogP contribution in [0.5, 0.6) is 0 Å². The van der Waals surface area contributed by atoms with Gasteiger partial charge >= 0.3 is 5.97 Å². The fourth-order valence-electron chi connectivity index (χ4n) is 1.91. The predicted molar refractivity (Wildman–Crippen MR) is 63.1 cm³/mol. The molecule has 0 spiro atoms. The molecule has 3 heterocycles. The van der Waals surface area contributed by atoms with Crippen LogP contribution < -0.4 is 4.90 Å². The summed E-state index contributed by atoms with van der Waals surface area (Å²) in [6.45, 7) is 0.994. The number of aromatic nitrogens is 2. The molecule has 3 rings (SSSR count). The van der Waals surface area contributed by atoms with Gasteiger partial charge < -0.3 is 14.4 Å². The Morgan fingerprint density at radius 2 is 2.28 bits per heavy atom. The van der Waals surface area contributed by atoms with E-state index in [0.29, 0.717) is 13.1 Å². The molecule has 1 aliphatic heterocycles. The van der Waals surface area contributed by atoms with E-state index >= 15 is 0 Å². The second kappa shape index (κ2) is 4.14. The average Bonchev–Trinajstić information content (AvgIpc) is 2.80. The number of anilines is 1. The first-order valence-corrected chi connectivity index (χ1v) is 5.56. The van der Waals surface area contributed by atoms with Crippen molar-refractivity contribution in [3.05, 3.63) is 31.0 Å². The van der Waals surface area contributed by atoms with E-state index in [1.165, 1.54) is 6.33 Å². The van der Waals surface area contributed by atoms with Crippen molar-refractivity contribution in [3.63, 3.8) is 0 Å². The Bertz CT molecular complexity index is 562. The minimum Gasteiger partial charge on any atom is -0.481 e. The van der Waals surface area contributed by atoms with Crippen LogP contribution in [0.15, 0.2) is 35.4 Å². The minimum atomic E-state index is -0.754. The zero-order valence-electron chi connectivity index (χ0n) is 9.48. The van der Waals surface area contributed by atoms with Gasteiger partial charge in [-0.25, -0.2) is 9.97 Å². The molecule has 2 aromatic rings. The Labute approximate surface area is 103 Å². The van der Waals surface area contributed by atoms with Crippen LogP contribution >= 0.6 is 0 Å². The average molecular weight is 245 g/mol. The van der Waals surface area contributed by atoms with E-state index in [1.807, 2.05) is 17.0 Å². The topological polar surface area (TPSA) is 79.5 Å². The molecular formula is C12H11N3O3. The summed E-state index contributed by atoms with van der Waals surface area (Å²) in [6, 6.07) is 3.66. The van der Waals surface area contributed by atoms with Crippen LogP contribution in [0.3, 0.4) is 0 Å². The molecule has 0 radical (unpaired) electrons. The molecule has 18 heavy (non-hydrogen) atoms. The Morgan fingerprint density at radius 3 is 2.94 bits per heavy atom. The van der Waals surface area contributed by atoms with Crippen molar-refractivity contribution in [2.24, 2.45) is 5.92 Å². The molecule has 6 nitrogen and oxygen atoms in total. The lowest BCUT2D eigenvalue weighted by atomic mass is 10.0. The normalized spacial score (nSPS) is 15.4. The van der Waals surface area contributed by atoms with Crippen molar-refractivity contribution >= 4 is 11.8 Å². The van der Waals surface area contributed by atoms with Gasteiger partial charge in [0.1, 0.15) is 12.1 Å². The maximum atomic E-state index is 10.7. The molecule has 0 bridgehead atoms. The first-order chi connectivity index (χ1) is 8.74. The summed E-state index contributed by atoms with van der Waals surface area (Å²) in [5.74, 6) is -0.300. The Hall–Kier alpha value is -2.37. The lowest BCUT2D eigenvalue weighted by Gasteiger charge is -2.37. The minimum absolute atomic E-state index is 0.294. The van der Waals surface area contributed by atoms with Crippen molar-refractivity contribution in [2.75, 3.05) is 18.0 Å². The number of furan rings is 1. The number of carboxylic acids is 1. The van der Waals surface area contributed by atoms with Crippen molar-refractivity contribution in [3.8, 4) is 11.3 Å². The molecular weight excluding hydrogens is 234 g/mol. The van der Waals surface area contributed by atoms with Crippen LogP contribution in [0, 0.1) is 5.92 Å². The molecule has 0 aromatic carbocycles. The quantitative estimate of drug-likeness (QED) is 0.876. The number of hydrogen-bond donors (Lipinski definition) is 1. The van der Waals surface area contributed by atoms with E-state index in [2.05, 4.69) is 9.97 Å². The van der Waals surface area contributed by atoms with E-state index in [-0.39, 0.29) is 5.92 Å². The third-order valence-electron chi connectivity index (χ3n) is 3.02. The van der Waals surface area contributed by atoms with Gasteiger partial charge in [-0.1, -0.05) is 0 Å². The SMILES string of the molecule is O=C(O)C1CN(c2cc(-c3ccoc3)ncn2)C1. The van der Waals surface area contributed by atoms with Gasteiger partial charge in [-0.2, -0.15) is 0 Å². The van der Waals surface area contributed by atoms with Gasteiger partial charge in [-0.15, -0.1) is 0 Å². The molecule has 2 aromatic heterocycles. The lowest BCUT2D eigenvalue weighted by molar-refractivity contribution is -0.142. The number of nitrogens with zero attached hydrogens (tertiary/aromatic N) is 3. The fraction of sp³-hybridized carbons (Fsp3) is 0.250. The standard InChI is InChI=1S/C12H11N3O3/c16-12(17)9-4-15(5-9)11-3-10(13-7-14-11)8-1-2-18-6-8/h1-3,6-7,9H,4-5H2,(H,16,17). The van der Waals surface area contributed by atoms with Gasteiger partial charge in [0.2, 0.25) is 0 Å². The fourth-order valence-corrected chi connectivity index (χ4v) is 1.91. The molecule has 0 saturated carbocycles. The third-order valence-corrected chi connectivity index (χ3v) is 3.02. The van der Waals surface area contributed by atoms with Crippen molar-refractivity contribution in [2.45, 2.75) is 0 Å². The molecule has 6 heteroatoms. The number of carbonyl (C=O) groups is 1. The number of rotatable bonds is 3. The second-order valence-corrected chi connectivity index (χ2v) is 4.21. The molecule has 1 N–H and O–H groups in total. The number of hydrogen-bond acceptors (Lipinski definition) is 5. The van der Waals surface area contributed by atoms with Gasteiger partial charge in [0.15, 0.2) is 0 Å². The molecule has 0 amide bonds. The summed E-state index contributed by atoms with van der Waals surface area (Å²) < 4.78 is 5.01. The van der Waals surface area contributed by atoms with Crippen LogP contribution in [0.2, 0.25) is 0 Å². The summed E-state index contributed by atoms with van der Waals surface area (Å²) in [7, 11) is 0. The zero-order valence-corrected chi connectivity index (χ0v) is 9.48. The summed E-state index contributed by atoms with van der Waals surface area (Å²) in [4.78, 5) is 21.0. The van der Waals surface area contributed by atoms with Gasteiger partial charge in [-0.3, -0.25) is 4.79 Å². The molecule has 0 aliphatic carbocycles. The van der Waals surface area contributed by atoms with Crippen LogP contribution in [-0.4, -0.2) is 34.1 Å². The lowest BCUT2D eigenvalue weighted by Crippen LogP contribution is -2.50. The number of aliphatic carboxylic acids is 1. The van der Waals surface area contributed by atoms with E-state index in [9.17, 15) is 4.79 Å². The van der Waals surface area contributed by atoms with E-state index in [1.54, 1.807) is 12.5 Å². The van der Waals surface area contributed by atoms with Crippen molar-refractivity contribution in [1.82, 2.24) is 9.97 Å². The summed E-state index contributed by atoms with van der Waals surface area (Å²) >= 11 is 0. The summed E-state index contributed by atoms with van der Waals surface area (Å²) in [5.41, 5.74) is 1.65. The first-order valence-electron chi connectivity index (χ1n) is 5.56. The van der Waals surface area contributed by atoms with E-state index in [0.717, 1.165) is 17.1 Å². The molecule has 1 saturated heterocycles. The molecule has 0 atom stereocenters. The van der Waals surface area contributed by atoms with Gasteiger partial charge in [-0.05, 0) is 6.07 Å². The summed E-state index contributed by atoms with van der Waals surface area (Å²) in [5, 5.41) is 8.83. The molecule has 1 aliphatic rings. The monoisotopic (exact) mass is 245 g/mol. The van der Waals surface area contributed by atoms with Gasteiger partial charge in [0.05, 0.1) is 24.1 Å². The highest BCUT2D eigenvalue weighted by Gasteiger charge is 2.33. The second-order valence-electron chi connectivity index (χ2n) is 4.21. The van der Waals surface area contributed by atoms with E-state index < -0.39 is 5.97 Å². The third kappa shape index (κ3) is 1.81. The summed E-state index contributed by atoms with van der Waals surface area (Å²) in [6.07, 6.45) is 4.68. The zero-order chi connectivity index (χ0) is 12.5. The highest BCUT2D eigenvalue weighted by Crippen LogP contribution is 2.26. The van der Waals surface area contributed by atoms with Crippen LogP contribution in [0.1, 0.15) is 0 Å². The molecule has 92 valence electrons. The van der Waals surface area contributed by atoms with E-state index in [4.69, 9.17) is 9.52 Å². The Balaban J connectivity index is 1.79. The largest absolute Gasteiger partial charge is 0.481 e. The Kier molecular flexibility index (Phi) is 2.47. The molecule has 0 unspecified atom stereocenters.